The largest absolute Gasteiger partial charge is 1.00 e. The van der Waals surface area contributed by atoms with Crippen LogP contribution < -0.4 is 45.5 Å². The number of carbonyl (C=O) groups excluding carboxylic acids is 2. The Hall–Kier alpha value is -1.60. The van der Waals surface area contributed by atoms with Gasteiger partial charge in [0.2, 0.25) is 0 Å². The number of carboxylic acid groups (broad SMARTS) is 1. The van der Waals surface area contributed by atoms with Crippen molar-refractivity contribution in [1.82, 2.24) is 9.88 Å². The maximum atomic E-state index is 11.8. The van der Waals surface area contributed by atoms with Gasteiger partial charge in [0.15, 0.2) is 12.6 Å². The first kappa shape index (κ1) is 33.6. The van der Waals surface area contributed by atoms with Gasteiger partial charge in [0.1, 0.15) is 49.0 Å². The molecule has 0 aliphatic carbocycles. The number of aliphatic imine (C=N–C) groups is 1. The van der Waals surface area contributed by atoms with Crippen molar-refractivity contribution in [2.45, 2.75) is 67.9 Å². The van der Waals surface area contributed by atoms with Crippen LogP contribution in [0.15, 0.2) is 34.2 Å². The number of hydrogen-bond donors (Lipinski definition) is 4. The number of hydrogen-bond acceptors (Lipinski definition) is 14. The van der Waals surface area contributed by atoms with Gasteiger partial charge in [-0.1, -0.05) is 6.07 Å². The standard InChI is InChI=1S/C23H33N3O12.Na/c1-34-19-16(30)17(31)23(38-20(19)21(32)33)37-18-14(25-7-10-27)22(35-2)36-12(15(18)29)11-24-6-9-26-8-4-3-5-13(26)28;/h3-5,8,10-12,14-20,22-23,25,29-31H,6-7,9H2,1-2H3,(H,32,33);/q;+1/p-1. The Kier molecular flexibility index (Phi) is 13.8. The summed E-state index contributed by atoms with van der Waals surface area (Å²) in [6, 6.07) is 3.73. The number of nitrogens with zero attached hydrogens (tertiary/aromatic N) is 2. The number of aldehydes is 1. The van der Waals surface area contributed by atoms with Gasteiger partial charge >= 0.3 is 29.6 Å². The van der Waals surface area contributed by atoms with E-state index >= 15 is 0 Å². The number of rotatable bonds is 12. The average molecular weight is 566 g/mol. The second-order valence-corrected chi connectivity index (χ2v) is 8.61. The maximum Gasteiger partial charge on any atom is 1.00 e. The van der Waals surface area contributed by atoms with Crippen LogP contribution in [0.1, 0.15) is 0 Å². The van der Waals surface area contributed by atoms with E-state index in [1.807, 2.05) is 0 Å². The minimum atomic E-state index is -1.79. The summed E-state index contributed by atoms with van der Waals surface area (Å²) in [4.78, 5) is 38.6. The second-order valence-electron chi connectivity index (χ2n) is 8.61. The van der Waals surface area contributed by atoms with Gasteiger partial charge in [-0.15, -0.1) is 0 Å². The van der Waals surface area contributed by atoms with Crippen molar-refractivity contribution in [2.75, 3.05) is 27.3 Å². The molecule has 0 aromatic carbocycles. The zero-order valence-corrected chi connectivity index (χ0v) is 23.8. The minimum absolute atomic E-state index is 0. The normalized spacial score (nSPS) is 34.9. The summed E-state index contributed by atoms with van der Waals surface area (Å²) < 4.78 is 28.6. The summed E-state index contributed by atoms with van der Waals surface area (Å²) >= 11 is 0. The molecule has 0 spiro atoms. The molecule has 3 heterocycles. The van der Waals surface area contributed by atoms with Crippen LogP contribution in [0.4, 0.5) is 0 Å². The molecule has 2 saturated heterocycles. The van der Waals surface area contributed by atoms with Crippen LogP contribution in [0.3, 0.4) is 0 Å². The molecule has 0 amide bonds. The van der Waals surface area contributed by atoms with E-state index in [1.54, 1.807) is 18.3 Å². The van der Waals surface area contributed by atoms with Gasteiger partial charge in [-0.2, -0.15) is 0 Å². The monoisotopic (exact) mass is 565 g/mol. The quantitative estimate of drug-likeness (QED) is 0.106. The molecular weight excluding hydrogens is 533 g/mol. The van der Waals surface area contributed by atoms with Gasteiger partial charge in [0.25, 0.3) is 5.56 Å². The number of carboxylic acids is 1. The number of aromatic nitrogens is 1. The SMILES string of the molecule is COC1OC(C=NCCn2ccccc2=O)C(O)C(OC2OC(C(=O)[O-])C(OC)C(O)C2O)C1NCC=O.[Na+]. The van der Waals surface area contributed by atoms with Crippen LogP contribution in [-0.4, -0.2) is 127 Å². The Bertz CT molecular complexity index is 1010. The molecule has 2 aliphatic heterocycles. The van der Waals surface area contributed by atoms with Crippen LogP contribution >= 0.6 is 0 Å². The summed E-state index contributed by atoms with van der Waals surface area (Å²) in [6.45, 7) is 0.255. The molecule has 212 valence electrons. The molecule has 1 aromatic heterocycles. The molecule has 10 unspecified atom stereocenters. The van der Waals surface area contributed by atoms with Gasteiger partial charge in [-0.05, 0) is 6.07 Å². The molecule has 0 bridgehead atoms. The predicted octanol–water partition coefficient (Wildman–Crippen LogP) is -7.59. The van der Waals surface area contributed by atoms with Gasteiger partial charge in [-0.25, -0.2) is 0 Å². The summed E-state index contributed by atoms with van der Waals surface area (Å²) in [5, 5.41) is 46.4. The zero-order chi connectivity index (χ0) is 27.8. The van der Waals surface area contributed by atoms with Gasteiger partial charge in [0.05, 0.1) is 25.1 Å². The van der Waals surface area contributed by atoms with Crippen LogP contribution in [0, 0.1) is 0 Å². The van der Waals surface area contributed by atoms with E-state index in [0.29, 0.717) is 6.29 Å². The molecule has 0 radical (unpaired) electrons. The first-order chi connectivity index (χ1) is 18.2. The number of aliphatic carboxylic acids is 1. The van der Waals surface area contributed by atoms with Crippen molar-refractivity contribution >= 4 is 18.5 Å². The van der Waals surface area contributed by atoms with Crippen molar-refractivity contribution in [3.8, 4) is 0 Å². The van der Waals surface area contributed by atoms with Crippen molar-refractivity contribution in [2.24, 2.45) is 4.99 Å². The molecular formula is C23H32N3NaO12. The second kappa shape index (κ2) is 16.0. The fourth-order valence-electron chi connectivity index (χ4n) is 4.31. The van der Waals surface area contributed by atoms with E-state index < -0.39 is 67.3 Å². The zero-order valence-electron chi connectivity index (χ0n) is 21.8. The number of carbonyl (C=O) groups is 2. The first-order valence-electron chi connectivity index (χ1n) is 11.8. The molecule has 3 rings (SSSR count). The van der Waals surface area contributed by atoms with Crippen LogP contribution in [-0.2, 0) is 39.8 Å². The number of ether oxygens (including phenoxy) is 5. The van der Waals surface area contributed by atoms with Crippen molar-refractivity contribution in [1.29, 1.82) is 0 Å². The molecule has 15 nitrogen and oxygen atoms in total. The molecule has 1 aromatic rings. The van der Waals surface area contributed by atoms with Crippen molar-refractivity contribution < 1.29 is 83.3 Å². The van der Waals surface area contributed by atoms with E-state index in [9.17, 15) is 34.8 Å². The topological polar surface area (TPSA) is 210 Å². The van der Waals surface area contributed by atoms with E-state index in [2.05, 4.69) is 10.3 Å². The molecule has 39 heavy (non-hydrogen) atoms. The van der Waals surface area contributed by atoms with Crippen molar-refractivity contribution in [3.63, 3.8) is 0 Å². The summed E-state index contributed by atoms with van der Waals surface area (Å²) in [7, 11) is 2.44. The Labute approximate surface area is 246 Å². The summed E-state index contributed by atoms with van der Waals surface area (Å²) in [5.41, 5.74) is -0.201. The van der Waals surface area contributed by atoms with Gasteiger partial charge in [0, 0.05) is 39.2 Å². The van der Waals surface area contributed by atoms with Crippen molar-refractivity contribution in [3.05, 3.63) is 34.7 Å². The Balaban J connectivity index is 0.00000533. The van der Waals surface area contributed by atoms with E-state index in [4.69, 9.17) is 23.7 Å². The Morgan fingerprint density at radius 1 is 1.13 bits per heavy atom. The summed E-state index contributed by atoms with van der Waals surface area (Å²) in [6.07, 6.45) is -10.00. The molecule has 10 atom stereocenters. The van der Waals surface area contributed by atoms with Gasteiger partial charge < -0.3 is 63.6 Å². The third-order valence-electron chi connectivity index (χ3n) is 6.24. The minimum Gasteiger partial charge on any atom is -0.547 e. The third kappa shape index (κ3) is 8.22. The van der Waals surface area contributed by atoms with E-state index in [-0.39, 0.29) is 54.8 Å². The fraction of sp³-hybridized carbons (Fsp3) is 0.652. The average Bonchev–Trinajstić information content (AvgIpc) is 2.90. The van der Waals surface area contributed by atoms with Crippen LogP contribution in [0.25, 0.3) is 0 Å². The van der Waals surface area contributed by atoms with Crippen LogP contribution in [0.2, 0.25) is 0 Å². The number of methoxy groups -OCH3 is 2. The van der Waals surface area contributed by atoms with E-state index in [0.717, 1.165) is 7.11 Å². The predicted molar refractivity (Wildman–Crippen MR) is 125 cm³/mol. The Morgan fingerprint density at radius 2 is 1.87 bits per heavy atom. The molecule has 16 heteroatoms. The van der Waals surface area contributed by atoms with E-state index in [1.165, 1.54) is 24.0 Å². The number of nitrogens with one attached hydrogen (secondary N) is 1. The maximum absolute atomic E-state index is 11.8. The summed E-state index contributed by atoms with van der Waals surface area (Å²) in [5.74, 6) is -1.71. The van der Waals surface area contributed by atoms with Gasteiger partial charge in [-0.3, -0.25) is 9.79 Å². The number of aliphatic hydroxyl groups excluding tert-OH is 3. The molecule has 2 fully saturated rings. The van der Waals surface area contributed by atoms with Crippen LogP contribution in [0.5, 0.6) is 0 Å². The fourth-order valence-corrected chi connectivity index (χ4v) is 4.31. The smallest absolute Gasteiger partial charge is 0.547 e. The molecule has 4 N–H and O–H groups in total. The molecule has 0 saturated carbocycles. The third-order valence-corrected chi connectivity index (χ3v) is 6.24. The molecule has 2 aliphatic rings. The number of pyridine rings is 1. The number of aliphatic hydroxyl groups is 3. The first-order valence-corrected chi connectivity index (χ1v) is 11.8. The Morgan fingerprint density at radius 3 is 2.49 bits per heavy atom.